The van der Waals surface area contributed by atoms with Gasteiger partial charge < -0.3 is 5.11 Å². The maximum Gasteiger partial charge on any atom is 0.0434 e. The molecule has 1 rings (SSSR count). The van der Waals surface area contributed by atoms with E-state index in [1.54, 1.807) is 0 Å². The van der Waals surface area contributed by atoms with Crippen LogP contribution in [0.25, 0.3) is 0 Å². The Hall–Kier alpha value is -1.67. The summed E-state index contributed by atoms with van der Waals surface area (Å²) in [4.78, 5) is 4.55. The van der Waals surface area contributed by atoms with Crippen molar-refractivity contribution < 1.29 is 5.11 Å². The van der Waals surface area contributed by atoms with Crippen LogP contribution in [0.4, 0.5) is 0 Å². The highest BCUT2D eigenvalue weighted by atomic mass is 16.2. The van der Waals surface area contributed by atoms with Crippen molar-refractivity contribution in [1.82, 2.24) is 0 Å². The Morgan fingerprint density at radius 3 is 2.28 bits per heavy atom. The molecule has 25 heavy (non-hydrogen) atoms. The Bertz CT molecular complexity index is 526. The molecule has 1 N–H and O–H groups in total. The van der Waals surface area contributed by atoms with E-state index in [-0.39, 0.29) is 6.61 Å². The van der Waals surface area contributed by atoms with Crippen molar-refractivity contribution >= 4 is 6.21 Å². The molecule has 2 nitrogen and oxygen atoms in total. The third kappa shape index (κ3) is 10.7. The first-order chi connectivity index (χ1) is 12.3. The van der Waals surface area contributed by atoms with Crippen molar-refractivity contribution in [2.24, 2.45) is 4.99 Å². The number of hydrogen-bond donors (Lipinski definition) is 1. The van der Waals surface area contributed by atoms with Gasteiger partial charge >= 0.3 is 0 Å². The van der Waals surface area contributed by atoms with E-state index >= 15 is 0 Å². The van der Waals surface area contributed by atoms with Crippen molar-refractivity contribution in [2.75, 3.05) is 13.2 Å². The summed E-state index contributed by atoms with van der Waals surface area (Å²) in [6.07, 6.45) is 16.9. The van der Waals surface area contributed by atoms with Crippen LogP contribution in [-0.4, -0.2) is 24.5 Å². The van der Waals surface area contributed by atoms with Gasteiger partial charge in [-0.25, -0.2) is 0 Å². The highest BCUT2D eigenvalue weighted by Crippen LogP contribution is 2.10. The van der Waals surface area contributed by atoms with Crippen LogP contribution in [0.5, 0.6) is 0 Å². The number of hydrogen-bond acceptors (Lipinski definition) is 2. The fourth-order valence-electron chi connectivity index (χ4n) is 2.66. The summed E-state index contributed by atoms with van der Waals surface area (Å²) in [5.74, 6) is 0. The molecule has 0 saturated carbocycles. The van der Waals surface area contributed by atoms with Gasteiger partial charge in [0.25, 0.3) is 0 Å². The van der Waals surface area contributed by atoms with E-state index in [4.69, 9.17) is 5.11 Å². The molecule has 0 spiro atoms. The van der Waals surface area contributed by atoms with Crippen LogP contribution < -0.4 is 0 Å². The van der Waals surface area contributed by atoms with Gasteiger partial charge in [-0.2, -0.15) is 0 Å². The maximum atomic E-state index is 8.96. The number of aliphatic hydroxyl groups excluding tert-OH is 1. The topological polar surface area (TPSA) is 32.6 Å². The minimum atomic E-state index is 0.234. The number of benzene rings is 1. The number of allylic oxidation sites excluding steroid dienone is 4. The highest BCUT2D eigenvalue weighted by Gasteiger charge is 1.96. The SMILES string of the molecule is C\C=C/C=C(\C=N\CCCCc1ccc(CCCC)cc1)CCCO. The van der Waals surface area contributed by atoms with Gasteiger partial charge in [-0.05, 0) is 68.6 Å². The van der Waals surface area contributed by atoms with Gasteiger partial charge in [0, 0.05) is 19.4 Å². The molecule has 0 saturated heterocycles. The van der Waals surface area contributed by atoms with Crippen molar-refractivity contribution in [3.8, 4) is 0 Å². The monoisotopic (exact) mass is 341 g/mol. The summed E-state index contributed by atoms with van der Waals surface area (Å²) in [5.41, 5.74) is 4.08. The predicted octanol–water partition coefficient (Wildman–Crippen LogP) is 5.70. The molecule has 0 atom stereocenters. The molecule has 0 heterocycles. The number of nitrogens with zero attached hydrogens (tertiary/aromatic N) is 1. The van der Waals surface area contributed by atoms with Crippen molar-refractivity contribution in [3.05, 3.63) is 59.2 Å². The second kappa shape index (κ2) is 14.7. The molecule has 0 aromatic heterocycles. The van der Waals surface area contributed by atoms with Crippen LogP contribution in [0.3, 0.4) is 0 Å². The summed E-state index contributed by atoms with van der Waals surface area (Å²) in [6, 6.07) is 9.12. The van der Waals surface area contributed by atoms with Gasteiger partial charge in [0.15, 0.2) is 0 Å². The molecule has 138 valence electrons. The summed E-state index contributed by atoms with van der Waals surface area (Å²) in [7, 11) is 0. The van der Waals surface area contributed by atoms with Gasteiger partial charge in [-0.3, -0.25) is 4.99 Å². The van der Waals surface area contributed by atoms with Crippen molar-refractivity contribution in [2.45, 2.75) is 65.2 Å². The zero-order chi connectivity index (χ0) is 18.2. The lowest BCUT2D eigenvalue weighted by molar-refractivity contribution is 0.289. The number of aliphatic hydroxyl groups is 1. The molecular formula is C23H35NO. The lowest BCUT2D eigenvalue weighted by atomic mass is 10.0. The molecule has 0 aliphatic carbocycles. The summed E-state index contributed by atoms with van der Waals surface area (Å²) < 4.78 is 0. The van der Waals surface area contributed by atoms with E-state index in [0.29, 0.717) is 0 Å². The molecule has 1 aromatic rings. The fourth-order valence-corrected chi connectivity index (χ4v) is 2.66. The molecule has 0 amide bonds. The van der Waals surface area contributed by atoms with Crippen molar-refractivity contribution in [3.63, 3.8) is 0 Å². The molecule has 0 unspecified atom stereocenters. The van der Waals surface area contributed by atoms with Crippen LogP contribution in [0, 0.1) is 0 Å². The minimum Gasteiger partial charge on any atom is -0.396 e. The fraction of sp³-hybridized carbons (Fsp3) is 0.522. The van der Waals surface area contributed by atoms with Crippen LogP contribution >= 0.6 is 0 Å². The smallest absolute Gasteiger partial charge is 0.0434 e. The van der Waals surface area contributed by atoms with E-state index in [0.717, 1.165) is 32.2 Å². The molecule has 0 bridgehead atoms. The first kappa shape index (κ1) is 21.4. The quantitative estimate of drug-likeness (QED) is 0.279. The average molecular weight is 342 g/mol. The van der Waals surface area contributed by atoms with E-state index < -0.39 is 0 Å². The molecular weight excluding hydrogens is 306 g/mol. The maximum absolute atomic E-state index is 8.96. The normalized spacial score (nSPS) is 12.5. The molecule has 0 aliphatic heterocycles. The summed E-state index contributed by atoms with van der Waals surface area (Å²) in [6.45, 7) is 5.36. The Morgan fingerprint density at radius 1 is 1.00 bits per heavy atom. The molecule has 0 aliphatic rings. The Balaban J connectivity index is 2.27. The number of aliphatic imine (C=N–C) groups is 1. The second-order valence-electron chi connectivity index (χ2n) is 6.51. The van der Waals surface area contributed by atoms with Crippen LogP contribution in [0.1, 0.15) is 63.5 Å². The Morgan fingerprint density at radius 2 is 1.68 bits per heavy atom. The van der Waals surface area contributed by atoms with Gasteiger partial charge in [0.1, 0.15) is 0 Å². The average Bonchev–Trinajstić information content (AvgIpc) is 2.65. The molecule has 1 aromatic carbocycles. The summed E-state index contributed by atoms with van der Waals surface area (Å²) >= 11 is 0. The van der Waals surface area contributed by atoms with E-state index in [9.17, 15) is 0 Å². The van der Waals surface area contributed by atoms with E-state index in [1.807, 2.05) is 25.3 Å². The van der Waals surface area contributed by atoms with E-state index in [2.05, 4.69) is 42.3 Å². The number of rotatable bonds is 13. The van der Waals surface area contributed by atoms with Gasteiger partial charge in [-0.15, -0.1) is 0 Å². The van der Waals surface area contributed by atoms with Crippen LogP contribution in [0.15, 0.2) is 53.1 Å². The lowest BCUT2D eigenvalue weighted by Gasteiger charge is -2.04. The standard InChI is InChI=1S/C23H35NO/c1-3-5-10-21-14-16-22(17-15-21)12-7-8-18-24-20-23(11-6-4-2)13-9-19-25/h4,6,11,14-17,20,25H,3,5,7-10,12-13,18-19H2,1-2H3/b6-4-,23-11-,24-20+. The molecule has 2 heteroatoms. The van der Waals surface area contributed by atoms with Gasteiger partial charge in [0.2, 0.25) is 0 Å². The van der Waals surface area contributed by atoms with Crippen LogP contribution in [0.2, 0.25) is 0 Å². The van der Waals surface area contributed by atoms with Gasteiger partial charge in [-0.1, -0.05) is 55.8 Å². The minimum absolute atomic E-state index is 0.234. The third-order valence-electron chi connectivity index (χ3n) is 4.23. The first-order valence-electron chi connectivity index (χ1n) is 9.80. The summed E-state index contributed by atoms with van der Waals surface area (Å²) in [5, 5.41) is 8.96. The second-order valence-corrected chi connectivity index (χ2v) is 6.51. The van der Waals surface area contributed by atoms with Gasteiger partial charge in [0.05, 0.1) is 0 Å². The number of aryl methyl sites for hydroxylation is 2. The van der Waals surface area contributed by atoms with Crippen LogP contribution in [-0.2, 0) is 12.8 Å². The van der Waals surface area contributed by atoms with E-state index in [1.165, 1.54) is 42.4 Å². The molecule has 0 radical (unpaired) electrons. The zero-order valence-electron chi connectivity index (χ0n) is 16.1. The highest BCUT2D eigenvalue weighted by molar-refractivity contribution is 5.78. The van der Waals surface area contributed by atoms with Crippen molar-refractivity contribution in [1.29, 1.82) is 0 Å². The first-order valence-corrected chi connectivity index (χ1v) is 9.80. The number of unbranched alkanes of at least 4 members (excludes halogenated alkanes) is 2. The third-order valence-corrected chi connectivity index (χ3v) is 4.23. The largest absolute Gasteiger partial charge is 0.396 e. The molecule has 0 fully saturated rings. The lowest BCUT2D eigenvalue weighted by Crippen LogP contribution is -1.92. The predicted molar refractivity (Wildman–Crippen MR) is 111 cm³/mol. The Kier molecular flexibility index (Phi) is 12.5. The zero-order valence-corrected chi connectivity index (χ0v) is 16.1. The Labute approximate surface area is 154 Å².